The Morgan fingerprint density at radius 2 is 1.87 bits per heavy atom. The third-order valence-electron chi connectivity index (χ3n) is 3.34. The molecule has 2 heterocycles. The number of nitrogens with two attached hydrogens (primary N) is 2. The van der Waals surface area contributed by atoms with Crippen molar-refractivity contribution in [2.75, 3.05) is 11.6 Å². The van der Waals surface area contributed by atoms with Gasteiger partial charge in [-0.2, -0.15) is 0 Å². The predicted molar refractivity (Wildman–Crippen MR) is 92.4 cm³/mol. The Labute approximate surface area is 138 Å². The quantitative estimate of drug-likeness (QED) is 0.559. The molecule has 0 unspecified atom stereocenters. The molecule has 1 aromatic carbocycles. The molecule has 120 valence electrons. The van der Waals surface area contributed by atoms with Gasteiger partial charge in [-0.25, -0.2) is 14.6 Å². The van der Waals surface area contributed by atoms with Gasteiger partial charge in [0, 0.05) is 10.8 Å². The van der Waals surface area contributed by atoms with Crippen LogP contribution in [0, 0.1) is 0 Å². The first-order valence-corrected chi connectivity index (χ1v) is 8.20. The highest BCUT2D eigenvalue weighted by atomic mass is 32.2. The first-order chi connectivity index (χ1) is 10.9. The largest absolute Gasteiger partial charge is 0.383 e. The molecule has 3 aromatic rings. The normalized spacial score (nSPS) is 12.0. The summed E-state index contributed by atoms with van der Waals surface area (Å²) in [5.41, 5.74) is 6.67. The molecule has 0 spiro atoms. The number of nitrogens with zero attached hydrogens (tertiary/aromatic N) is 5. The summed E-state index contributed by atoms with van der Waals surface area (Å²) < 4.78 is 1.52. The lowest BCUT2D eigenvalue weighted by Crippen LogP contribution is -2.24. The summed E-state index contributed by atoms with van der Waals surface area (Å²) in [5.74, 6) is 8.46. The highest BCUT2D eigenvalue weighted by molar-refractivity contribution is 7.98. The zero-order valence-corrected chi connectivity index (χ0v) is 14.1. The zero-order chi connectivity index (χ0) is 16.6. The second-order valence-corrected chi connectivity index (χ2v) is 7.20. The number of hydrogen-bond acceptors (Lipinski definition) is 7. The number of rotatable bonds is 3. The molecule has 0 aliphatic rings. The van der Waals surface area contributed by atoms with Crippen LogP contribution in [0.4, 0.5) is 5.82 Å². The van der Waals surface area contributed by atoms with Crippen molar-refractivity contribution in [3.05, 3.63) is 35.9 Å². The number of hydrogen-bond donors (Lipinski definition) is 2. The molecule has 0 aliphatic carbocycles. The standard InChI is InChI=1S/C15H19N7S/c1-15(2,3)13-20-21-14(22(13)17)23-8-11-18-10-7-5-4-6-9(10)12(16)19-11/h4-7H,8,17H2,1-3H3,(H2,16,18,19). The van der Waals surface area contributed by atoms with Crippen LogP contribution in [0.3, 0.4) is 0 Å². The summed E-state index contributed by atoms with van der Waals surface area (Å²) in [6.07, 6.45) is 0. The fourth-order valence-corrected chi connectivity index (χ4v) is 2.94. The molecule has 7 nitrogen and oxygen atoms in total. The molecular weight excluding hydrogens is 310 g/mol. The predicted octanol–water partition coefficient (Wildman–Crippen LogP) is 2.11. The molecule has 0 amide bonds. The van der Waals surface area contributed by atoms with Crippen LogP contribution in [0.15, 0.2) is 29.4 Å². The molecule has 0 radical (unpaired) electrons. The van der Waals surface area contributed by atoms with E-state index in [0.29, 0.717) is 22.6 Å². The lowest BCUT2D eigenvalue weighted by molar-refractivity contribution is 0.523. The molecule has 8 heteroatoms. The minimum Gasteiger partial charge on any atom is -0.383 e. The van der Waals surface area contributed by atoms with Crippen molar-refractivity contribution in [2.24, 2.45) is 0 Å². The van der Waals surface area contributed by atoms with Gasteiger partial charge in [-0.05, 0) is 12.1 Å². The van der Waals surface area contributed by atoms with E-state index in [1.807, 2.05) is 45.0 Å². The Bertz CT molecular complexity index is 851. The number of benzene rings is 1. The summed E-state index contributed by atoms with van der Waals surface area (Å²) in [7, 11) is 0. The van der Waals surface area contributed by atoms with Crippen LogP contribution in [0.2, 0.25) is 0 Å². The van der Waals surface area contributed by atoms with Gasteiger partial charge in [-0.15, -0.1) is 10.2 Å². The maximum absolute atomic E-state index is 6.08. The number of fused-ring (bicyclic) bond motifs is 1. The Morgan fingerprint density at radius 3 is 2.57 bits per heavy atom. The number of aromatic nitrogens is 5. The van der Waals surface area contributed by atoms with E-state index in [1.54, 1.807) is 0 Å². The van der Waals surface area contributed by atoms with Gasteiger partial charge in [0.2, 0.25) is 5.16 Å². The van der Waals surface area contributed by atoms with Crippen LogP contribution in [-0.2, 0) is 11.2 Å². The van der Waals surface area contributed by atoms with Gasteiger partial charge in [0.25, 0.3) is 0 Å². The smallest absolute Gasteiger partial charge is 0.210 e. The van der Waals surface area contributed by atoms with Gasteiger partial charge in [0.05, 0.1) is 11.3 Å². The average molecular weight is 329 g/mol. The maximum atomic E-state index is 6.08. The molecule has 0 saturated carbocycles. The molecular formula is C15H19N7S. The van der Waals surface area contributed by atoms with Gasteiger partial charge >= 0.3 is 0 Å². The van der Waals surface area contributed by atoms with Crippen molar-refractivity contribution >= 4 is 28.5 Å². The lowest BCUT2D eigenvalue weighted by Gasteiger charge is -2.16. The van der Waals surface area contributed by atoms with Crippen LogP contribution in [0.25, 0.3) is 10.9 Å². The Balaban J connectivity index is 1.83. The molecule has 23 heavy (non-hydrogen) atoms. The van der Waals surface area contributed by atoms with E-state index in [2.05, 4.69) is 20.2 Å². The second kappa shape index (κ2) is 5.69. The van der Waals surface area contributed by atoms with Crippen molar-refractivity contribution < 1.29 is 0 Å². The molecule has 2 aromatic heterocycles. The minimum atomic E-state index is -0.162. The van der Waals surface area contributed by atoms with E-state index < -0.39 is 0 Å². The van der Waals surface area contributed by atoms with Gasteiger partial charge < -0.3 is 11.6 Å². The van der Waals surface area contributed by atoms with E-state index in [-0.39, 0.29) is 5.41 Å². The van der Waals surface area contributed by atoms with Crippen molar-refractivity contribution in [2.45, 2.75) is 37.1 Å². The fourth-order valence-electron chi connectivity index (χ4n) is 2.23. The second-order valence-electron chi connectivity index (χ2n) is 6.26. The first-order valence-electron chi connectivity index (χ1n) is 7.21. The van der Waals surface area contributed by atoms with E-state index in [4.69, 9.17) is 11.6 Å². The van der Waals surface area contributed by atoms with Gasteiger partial charge in [-0.1, -0.05) is 44.7 Å². The fraction of sp³-hybridized carbons (Fsp3) is 0.333. The summed E-state index contributed by atoms with van der Waals surface area (Å²) in [6, 6.07) is 7.68. The molecule has 4 N–H and O–H groups in total. The third kappa shape index (κ3) is 3.07. The van der Waals surface area contributed by atoms with Crippen molar-refractivity contribution in [1.29, 1.82) is 0 Å². The Morgan fingerprint density at radius 1 is 1.13 bits per heavy atom. The number of thioether (sulfide) groups is 1. The van der Waals surface area contributed by atoms with E-state index >= 15 is 0 Å². The van der Waals surface area contributed by atoms with Crippen molar-refractivity contribution in [1.82, 2.24) is 24.8 Å². The van der Waals surface area contributed by atoms with Crippen molar-refractivity contribution in [3.63, 3.8) is 0 Å². The van der Waals surface area contributed by atoms with Crippen LogP contribution in [-0.4, -0.2) is 24.8 Å². The topological polar surface area (TPSA) is 109 Å². The number of anilines is 1. The summed E-state index contributed by atoms with van der Waals surface area (Å²) >= 11 is 1.44. The SMILES string of the molecule is CC(C)(C)c1nnc(SCc2nc(N)c3ccccc3n2)n1N. The van der Waals surface area contributed by atoms with Gasteiger partial charge in [-0.3, -0.25) is 0 Å². The third-order valence-corrected chi connectivity index (χ3v) is 4.28. The molecule has 0 atom stereocenters. The highest BCUT2D eigenvalue weighted by Crippen LogP contribution is 2.25. The van der Waals surface area contributed by atoms with E-state index in [9.17, 15) is 0 Å². The summed E-state index contributed by atoms with van der Waals surface area (Å²) in [6.45, 7) is 6.13. The van der Waals surface area contributed by atoms with Crippen LogP contribution in [0.1, 0.15) is 32.4 Å². The molecule has 0 saturated heterocycles. The van der Waals surface area contributed by atoms with Gasteiger partial charge in [0.15, 0.2) is 5.82 Å². The number of para-hydroxylation sites is 1. The van der Waals surface area contributed by atoms with Crippen LogP contribution < -0.4 is 11.6 Å². The van der Waals surface area contributed by atoms with E-state index in [0.717, 1.165) is 16.7 Å². The van der Waals surface area contributed by atoms with E-state index in [1.165, 1.54) is 16.4 Å². The van der Waals surface area contributed by atoms with Crippen LogP contribution >= 0.6 is 11.8 Å². The number of nitrogen functional groups attached to an aromatic ring is 2. The molecule has 3 rings (SSSR count). The van der Waals surface area contributed by atoms with Crippen molar-refractivity contribution in [3.8, 4) is 0 Å². The highest BCUT2D eigenvalue weighted by Gasteiger charge is 2.23. The molecule has 0 bridgehead atoms. The summed E-state index contributed by atoms with van der Waals surface area (Å²) in [5, 5.41) is 9.80. The van der Waals surface area contributed by atoms with Crippen LogP contribution in [0.5, 0.6) is 0 Å². The molecule has 0 fully saturated rings. The monoisotopic (exact) mass is 329 g/mol. The van der Waals surface area contributed by atoms with Gasteiger partial charge in [0.1, 0.15) is 11.6 Å². The average Bonchev–Trinajstić information content (AvgIpc) is 2.86. The molecule has 0 aliphatic heterocycles. The maximum Gasteiger partial charge on any atom is 0.210 e. The Hall–Kier alpha value is -2.35. The first kappa shape index (κ1) is 15.5. The Kier molecular flexibility index (Phi) is 3.85. The summed E-state index contributed by atoms with van der Waals surface area (Å²) in [4.78, 5) is 8.88. The lowest BCUT2D eigenvalue weighted by atomic mass is 9.96. The zero-order valence-electron chi connectivity index (χ0n) is 13.3. The minimum absolute atomic E-state index is 0.162.